The lowest BCUT2D eigenvalue weighted by Gasteiger charge is -2.42. The Hall–Kier alpha value is -0.610. The van der Waals surface area contributed by atoms with Gasteiger partial charge in [-0.25, -0.2) is 0 Å². The molecule has 1 amide bonds. The first kappa shape index (κ1) is 9.93. The lowest BCUT2D eigenvalue weighted by Crippen LogP contribution is -2.66. The average molecular weight is 198 g/mol. The van der Waals surface area contributed by atoms with E-state index in [2.05, 4.69) is 17.6 Å². The number of hydrogen-bond acceptors (Lipinski definition) is 3. The van der Waals surface area contributed by atoms with Crippen molar-refractivity contribution in [3.63, 3.8) is 0 Å². The summed E-state index contributed by atoms with van der Waals surface area (Å²) in [5.74, 6) is 0.158. The van der Waals surface area contributed by atoms with Gasteiger partial charge in [0.05, 0.1) is 6.10 Å². The number of hydrogen-bond donors (Lipinski definition) is 2. The molecular formula is C10H18N2O2. The predicted octanol–water partition coefficient (Wildman–Crippen LogP) is 0.0336. The van der Waals surface area contributed by atoms with Crippen LogP contribution in [0.1, 0.15) is 26.2 Å². The monoisotopic (exact) mass is 198 g/mol. The van der Waals surface area contributed by atoms with Crippen molar-refractivity contribution < 1.29 is 9.53 Å². The quantitative estimate of drug-likeness (QED) is 0.625. The van der Waals surface area contributed by atoms with E-state index >= 15 is 0 Å². The summed E-state index contributed by atoms with van der Waals surface area (Å²) in [5, 5.41) is 6.29. The molecule has 80 valence electrons. The van der Waals surface area contributed by atoms with Crippen molar-refractivity contribution in [2.75, 3.05) is 19.7 Å². The van der Waals surface area contributed by atoms with Crippen molar-refractivity contribution in [3.05, 3.63) is 0 Å². The van der Waals surface area contributed by atoms with Gasteiger partial charge in [0, 0.05) is 26.1 Å². The van der Waals surface area contributed by atoms with Gasteiger partial charge in [-0.05, 0) is 12.8 Å². The van der Waals surface area contributed by atoms with Gasteiger partial charge >= 0.3 is 0 Å². The highest BCUT2D eigenvalue weighted by molar-refractivity contribution is 5.87. The van der Waals surface area contributed by atoms with Crippen LogP contribution in [0.15, 0.2) is 0 Å². The Labute approximate surface area is 84.4 Å². The zero-order valence-corrected chi connectivity index (χ0v) is 8.64. The Balaban J connectivity index is 2.08. The van der Waals surface area contributed by atoms with Gasteiger partial charge in [-0.2, -0.15) is 0 Å². The van der Waals surface area contributed by atoms with E-state index in [4.69, 9.17) is 4.74 Å². The van der Waals surface area contributed by atoms with E-state index in [1.807, 2.05) is 0 Å². The van der Waals surface area contributed by atoms with Gasteiger partial charge in [-0.1, -0.05) is 6.92 Å². The molecule has 0 aliphatic carbocycles. The summed E-state index contributed by atoms with van der Waals surface area (Å²) < 4.78 is 5.58. The second kappa shape index (κ2) is 3.87. The van der Waals surface area contributed by atoms with Crippen molar-refractivity contribution in [3.8, 4) is 0 Å². The topological polar surface area (TPSA) is 50.4 Å². The number of ether oxygens (including phenoxy) is 1. The van der Waals surface area contributed by atoms with E-state index in [9.17, 15) is 4.79 Å². The lowest BCUT2D eigenvalue weighted by molar-refractivity contribution is -0.136. The molecule has 14 heavy (non-hydrogen) atoms. The molecule has 0 bridgehead atoms. The molecular weight excluding hydrogens is 180 g/mol. The molecule has 0 aromatic rings. The number of rotatable bonds is 1. The van der Waals surface area contributed by atoms with E-state index < -0.39 is 0 Å². The predicted molar refractivity (Wildman–Crippen MR) is 53.0 cm³/mol. The van der Waals surface area contributed by atoms with Gasteiger partial charge in [0.2, 0.25) is 5.91 Å². The lowest BCUT2D eigenvalue weighted by atomic mass is 9.84. The molecule has 2 heterocycles. The first-order chi connectivity index (χ1) is 6.77. The van der Waals surface area contributed by atoms with Gasteiger partial charge < -0.3 is 15.4 Å². The van der Waals surface area contributed by atoms with E-state index in [0.29, 0.717) is 6.61 Å². The molecule has 4 nitrogen and oxygen atoms in total. The van der Waals surface area contributed by atoms with Crippen LogP contribution in [0.3, 0.4) is 0 Å². The van der Waals surface area contributed by atoms with Crippen molar-refractivity contribution >= 4 is 5.91 Å². The largest absolute Gasteiger partial charge is 0.378 e. The van der Waals surface area contributed by atoms with Crippen LogP contribution in [0, 0.1) is 0 Å². The van der Waals surface area contributed by atoms with E-state index in [1.165, 1.54) is 0 Å². The molecule has 0 aromatic heterocycles. The van der Waals surface area contributed by atoms with Crippen LogP contribution < -0.4 is 10.6 Å². The van der Waals surface area contributed by atoms with Crippen LogP contribution in [-0.4, -0.2) is 37.2 Å². The highest BCUT2D eigenvalue weighted by atomic mass is 16.5. The molecule has 0 saturated carbocycles. The number of amides is 1. The summed E-state index contributed by atoms with van der Waals surface area (Å²) in [5.41, 5.74) is -0.336. The van der Waals surface area contributed by atoms with Crippen molar-refractivity contribution in [1.29, 1.82) is 0 Å². The van der Waals surface area contributed by atoms with Crippen LogP contribution in [0.5, 0.6) is 0 Å². The Bertz CT molecular complexity index is 228. The Kier molecular flexibility index (Phi) is 2.74. The van der Waals surface area contributed by atoms with Gasteiger partial charge in [0.15, 0.2) is 0 Å². The number of carbonyl (C=O) groups excluding carboxylic acids is 1. The van der Waals surface area contributed by atoms with E-state index in [0.717, 1.165) is 32.4 Å². The van der Waals surface area contributed by atoms with Gasteiger partial charge in [0.1, 0.15) is 5.54 Å². The Morgan fingerprint density at radius 2 is 2.43 bits per heavy atom. The van der Waals surface area contributed by atoms with Crippen LogP contribution in [-0.2, 0) is 9.53 Å². The minimum absolute atomic E-state index is 0.158. The van der Waals surface area contributed by atoms with Crippen molar-refractivity contribution in [2.45, 2.75) is 37.8 Å². The second-order valence-electron chi connectivity index (χ2n) is 4.12. The molecule has 2 aliphatic rings. The Morgan fingerprint density at radius 3 is 3.14 bits per heavy atom. The van der Waals surface area contributed by atoms with Crippen LogP contribution in [0.25, 0.3) is 0 Å². The molecule has 2 unspecified atom stereocenters. The molecule has 2 atom stereocenters. The van der Waals surface area contributed by atoms with E-state index in [1.54, 1.807) is 0 Å². The molecule has 4 heteroatoms. The summed E-state index contributed by atoms with van der Waals surface area (Å²) in [6, 6.07) is 0. The zero-order chi connectivity index (χ0) is 10.0. The smallest absolute Gasteiger partial charge is 0.240 e. The second-order valence-corrected chi connectivity index (χ2v) is 4.12. The van der Waals surface area contributed by atoms with Crippen LogP contribution in [0.2, 0.25) is 0 Å². The fourth-order valence-corrected chi connectivity index (χ4v) is 2.31. The summed E-state index contributed by atoms with van der Waals surface area (Å²) in [7, 11) is 0. The fraction of sp³-hybridized carbons (Fsp3) is 0.900. The van der Waals surface area contributed by atoms with Gasteiger partial charge in [0.25, 0.3) is 0 Å². The van der Waals surface area contributed by atoms with Gasteiger partial charge in [-0.3, -0.25) is 4.79 Å². The summed E-state index contributed by atoms with van der Waals surface area (Å²) in [6.07, 6.45) is 2.83. The third-order valence-corrected chi connectivity index (χ3v) is 3.22. The van der Waals surface area contributed by atoms with Crippen molar-refractivity contribution in [2.24, 2.45) is 0 Å². The standard InChI is InChI=1S/C10H18N2O2/c1-2-8-7-10(3-6-14-8)9(13)11-4-5-12-10/h8,12H,2-7H2,1H3,(H,11,13). The molecule has 2 rings (SSSR count). The third-order valence-electron chi connectivity index (χ3n) is 3.22. The molecule has 1 spiro atoms. The summed E-state index contributed by atoms with van der Waals surface area (Å²) in [6.45, 7) is 4.42. The van der Waals surface area contributed by atoms with E-state index in [-0.39, 0.29) is 17.6 Å². The minimum atomic E-state index is -0.336. The van der Waals surface area contributed by atoms with Gasteiger partial charge in [-0.15, -0.1) is 0 Å². The molecule has 2 N–H and O–H groups in total. The summed E-state index contributed by atoms with van der Waals surface area (Å²) >= 11 is 0. The average Bonchev–Trinajstić information content (AvgIpc) is 2.23. The molecule has 2 saturated heterocycles. The maximum atomic E-state index is 11.8. The third kappa shape index (κ3) is 1.64. The summed E-state index contributed by atoms with van der Waals surface area (Å²) in [4.78, 5) is 11.8. The van der Waals surface area contributed by atoms with Crippen LogP contribution in [0.4, 0.5) is 0 Å². The maximum absolute atomic E-state index is 11.8. The van der Waals surface area contributed by atoms with Crippen molar-refractivity contribution in [1.82, 2.24) is 10.6 Å². The van der Waals surface area contributed by atoms with Crippen LogP contribution >= 0.6 is 0 Å². The molecule has 2 aliphatic heterocycles. The fourth-order valence-electron chi connectivity index (χ4n) is 2.31. The molecule has 0 aromatic carbocycles. The molecule has 2 fully saturated rings. The number of carbonyl (C=O) groups is 1. The SMILES string of the molecule is CCC1CC2(CCO1)NCCNC2=O. The molecule has 0 radical (unpaired) electrons. The zero-order valence-electron chi connectivity index (χ0n) is 8.64. The highest BCUT2D eigenvalue weighted by Crippen LogP contribution is 2.27. The minimum Gasteiger partial charge on any atom is -0.378 e. The maximum Gasteiger partial charge on any atom is 0.240 e. The number of nitrogens with one attached hydrogen (secondary N) is 2. The normalized spacial score (nSPS) is 38.4. The highest BCUT2D eigenvalue weighted by Gasteiger charge is 2.43. The first-order valence-electron chi connectivity index (χ1n) is 5.42. The first-order valence-corrected chi connectivity index (χ1v) is 5.42. The Morgan fingerprint density at radius 1 is 1.57 bits per heavy atom. The number of piperazine rings is 1.